The zero-order chi connectivity index (χ0) is 17.6. The Kier molecular flexibility index (Phi) is 3.36. The molecule has 0 aliphatic rings. The molecule has 1 aromatic carbocycles. The van der Waals surface area contributed by atoms with Crippen LogP contribution in [0.1, 0.15) is 20.8 Å². The van der Waals surface area contributed by atoms with Gasteiger partial charge in [-0.1, -0.05) is 12.1 Å². The molecule has 9 heteroatoms. The zero-order valence-corrected chi connectivity index (χ0v) is 13.2. The van der Waals surface area contributed by atoms with Crippen molar-refractivity contribution in [2.75, 3.05) is 0 Å². The fourth-order valence-corrected chi connectivity index (χ4v) is 2.36. The Morgan fingerprint density at radius 3 is 2.67 bits per heavy atom. The van der Waals surface area contributed by atoms with Crippen LogP contribution in [0.2, 0.25) is 0 Å². The number of para-hydroxylation sites is 1. The third kappa shape index (κ3) is 2.49. The summed E-state index contributed by atoms with van der Waals surface area (Å²) in [5.74, 6) is 0. The number of carbonyl (C=O) groups excluding carboxylic acids is 1. The minimum atomic E-state index is -0.859. The van der Waals surface area contributed by atoms with Gasteiger partial charge in [0.15, 0.2) is 0 Å². The summed E-state index contributed by atoms with van der Waals surface area (Å²) in [5.41, 5.74) is -1.15. The van der Waals surface area contributed by atoms with E-state index in [1.165, 1.54) is 18.3 Å². The van der Waals surface area contributed by atoms with Crippen LogP contribution in [0.25, 0.3) is 21.8 Å². The fourth-order valence-electron chi connectivity index (χ4n) is 2.36. The van der Waals surface area contributed by atoms with Gasteiger partial charge in [-0.2, -0.15) is 0 Å². The lowest BCUT2D eigenvalue weighted by Crippen LogP contribution is -2.32. The Hall–Kier alpha value is -3.23. The van der Waals surface area contributed by atoms with Crippen molar-refractivity contribution in [2.45, 2.75) is 26.4 Å². The van der Waals surface area contributed by atoms with E-state index in [9.17, 15) is 19.7 Å². The van der Waals surface area contributed by atoms with Gasteiger partial charge in [-0.05, 0) is 20.8 Å². The van der Waals surface area contributed by atoms with E-state index in [1.54, 1.807) is 26.8 Å². The summed E-state index contributed by atoms with van der Waals surface area (Å²) in [7, 11) is 0. The van der Waals surface area contributed by atoms with E-state index in [0.717, 1.165) is 4.68 Å². The highest BCUT2D eigenvalue weighted by atomic mass is 16.6. The molecule has 0 radical (unpaired) electrons. The highest BCUT2D eigenvalue weighted by Crippen LogP contribution is 2.27. The normalized spacial score (nSPS) is 11.8. The number of benzene rings is 1. The average Bonchev–Trinajstić information content (AvgIpc) is 2.82. The number of aromatic nitrogens is 3. The molecule has 3 aromatic rings. The summed E-state index contributed by atoms with van der Waals surface area (Å²) >= 11 is 0. The highest BCUT2D eigenvalue weighted by Gasteiger charge is 2.23. The van der Waals surface area contributed by atoms with Crippen molar-refractivity contribution < 1.29 is 14.5 Å². The summed E-state index contributed by atoms with van der Waals surface area (Å²) < 4.78 is 5.90. The molecule has 0 spiro atoms. The van der Waals surface area contributed by atoms with Crippen molar-refractivity contribution in [1.29, 1.82) is 0 Å². The van der Waals surface area contributed by atoms with Crippen LogP contribution in [0.4, 0.5) is 10.5 Å². The van der Waals surface area contributed by atoms with Crippen LogP contribution >= 0.6 is 0 Å². The topological polar surface area (TPSA) is 120 Å². The first-order valence-electron chi connectivity index (χ1n) is 7.09. The number of nitrogens with one attached hydrogen (secondary N) is 1. The number of hydrogen-bond donors (Lipinski definition) is 1. The number of hydrogen-bond acceptors (Lipinski definition) is 6. The molecule has 24 heavy (non-hydrogen) atoms. The van der Waals surface area contributed by atoms with Crippen LogP contribution in [0.3, 0.4) is 0 Å². The van der Waals surface area contributed by atoms with E-state index in [-0.39, 0.29) is 16.6 Å². The summed E-state index contributed by atoms with van der Waals surface area (Å²) in [6, 6.07) is 4.40. The highest BCUT2D eigenvalue weighted by molar-refractivity contribution is 6.06. The Morgan fingerprint density at radius 2 is 2.04 bits per heavy atom. The Balaban J connectivity index is 2.27. The van der Waals surface area contributed by atoms with Crippen molar-refractivity contribution >= 4 is 33.6 Å². The monoisotopic (exact) mass is 330 g/mol. The zero-order valence-electron chi connectivity index (χ0n) is 13.2. The predicted octanol–water partition coefficient (Wildman–Crippen LogP) is 2.57. The molecule has 0 atom stereocenters. The van der Waals surface area contributed by atoms with Crippen LogP contribution in [0.5, 0.6) is 0 Å². The van der Waals surface area contributed by atoms with Crippen LogP contribution in [0.15, 0.2) is 29.2 Å². The van der Waals surface area contributed by atoms with Gasteiger partial charge in [0, 0.05) is 17.6 Å². The van der Waals surface area contributed by atoms with Gasteiger partial charge < -0.3 is 4.74 Å². The minimum Gasteiger partial charge on any atom is -0.442 e. The van der Waals surface area contributed by atoms with Crippen LogP contribution in [-0.4, -0.2) is 31.4 Å². The van der Waals surface area contributed by atoms with Gasteiger partial charge in [0.25, 0.3) is 11.2 Å². The first-order chi connectivity index (χ1) is 11.2. The quantitative estimate of drug-likeness (QED) is 0.541. The van der Waals surface area contributed by atoms with Crippen molar-refractivity contribution in [3.63, 3.8) is 0 Å². The van der Waals surface area contributed by atoms with E-state index in [0.29, 0.717) is 10.9 Å². The van der Waals surface area contributed by atoms with Crippen LogP contribution in [-0.2, 0) is 4.74 Å². The number of rotatable bonds is 1. The molecule has 1 N–H and O–H groups in total. The maximum Gasteiger partial charge on any atom is 0.436 e. The van der Waals surface area contributed by atoms with Crippen LogP contribution < -0.4 is 5.56 Å². The lowest BCUT2D eigenvalue weighted by atomic mass is 10.1. The standard InChI is InChI=1S/C15H14N4O5/c1-15(2,3)24-14(21)18-13(20)9-7-16-12-8(11(9)17-18)5-4-6-10(12)19(22)23/h4-7,17H,1-3H3. The molecule has 0 aliphatic carbocycles. The third-order valence-corrected chi connectivity index (χ3v) is 3.31. The summed E-state index contributed by atoms with van der Waals surface area (Å²) in [4.78, 5) is 39.1. The molecular formula is C15H14N4O5. The average molecular weight is 330 g/mol. The summed E-state index contributed by atoms with van der Waals surface area (Å²) in [5, 5.41) is 14.3. The van der Waals surface area contributed by atoms with Gasteiger partial charge in [-0.3, -0.25) is 20.0 Å². The lowest BCUT2D eigenvalue weighted by Gasteiger charge is -2.18. The minimum absolute atomic E-state index is 0.132. The van der Waals surface area contributed by atoms with Crippen LogP contribution in [0, 0.1) is 10.1 Å². The van der Waals surface area contributed by atoms with Gasteiger partial charge in [0.1, 0.15) is 11.1 Å². The molecular weight excluding hydrogens is 316 g/mol. The molecule has 124 valence electrons. The summed E-state index contributed by atoms with van der Waals surface area (Å²) in [6.07, 6.45) is 0.354. The predicted molar refractivity (Wildman–Crippen MR) is 86.1 cm³/mol. The second kappa shape index (κ2) is 5.15. The van der Waals surface area contributed by atoms with Crippen molar-refractivity contribution in [3.8, 4) is 0 Å². The Labute approximate surface area is 135 Å². The maximum absolute atomic E-state index is 12.4. The second-order valence-electron chi connectivity index (χ2n) is 6.21. The van der Waals surface area contributed by atoms with Crippen molar-refractivity contribution in [1.82, 2.24) is 14.8 Å². The van der Waals surface area contributed by atoms with Crippen molar-refractivity contribution in [3.05, 3.63) is 44.9 Å². The molecule has 3 rings (SSSR count). The van der Waals surface area contributed by atoms with E-state index in [1.807, 2.05) is 0 Å². The molecule has 2 aromatic heterocycles. The number of nitro groups is 1. The van der Waals surface area contributed by atoms with Gasteiger partial charge in [-0.25, -0.2) is 9.78 Å². The molecule has 0 bridgehead atoms. The third-order valence-electron chi connectivity index (χ3n) is 3.31. The number of nitrogens with zero attached hydrogens (tertiary/aromatic N) is 3. The molecule has 0 saturated carbocycles. The van der Waals surface area contributed by atoms with E-state index >= 15 is 0 Å². The maximum atomic E-state index is 12.4. The largest absolute Gasteiger partial charge is 0.442 e. The van der Waals surface area contributed by atoms with Crippen molar-refractivity contribution in [2.24, 2.45) is 0 Å². The fraction of sp³-hybridized carbons (Fsp3) is 0.267. The summed E-state index contributed by atoms with van der Waals surface area (Å²) in [6.45, 7) is 5.04. The first kappa shape index (κ1) is 15.7. The number of carbonyl (C=O) groups is 1. The number of aromatic amines is 1. The molecule has 0 saturated heterocycles. The van der Waals surface area contributed by atoms with Gasteiger partial charge >= 0.3 is 6.09 Å². The molecule has 9 nitrogen and oxygen atoms in total. The molecule has 0 unspecified atom stereocenters. The number of fused-ring (bicyclic) bond motifs is 3. The van der Waals surface area contributed by atoms with E-state index in [4.69, 9.17) is 4.74 Å². The SMILES string of the molecule is CC(C)(C)OC(=O)n1[nH]c2c(cnc3c([N+](=O)[O-])cccc32)c1=O. The Morgan fingerprint density at radius 1 is 1.33 bits per heavy atom. The van der Waals surface area contributed by atoms with Gasteiger partial charge in [-0.15, -0.1) is 4.68 Å². The van der Waals surface area contributed by atoms with Gasteiger partial charge in [0.05, 0.1) is 15.8 Å². The molecule has 2 heterocycles. The molecule has 0 amide bonds. The van der Waals surface area contributed by atoms with E-state index < -0.39 is 22.2 Å². The first-order valence-corrected chi connectivity index (χ1v) is 7.09. The molecule has 0 aliphatic heterocycles. The Bertz CT molecular complexity index is 1040. The second-order valence-corrected chi connectivity index (χ2v) is 6.21. The number of pyridine rings is 1. The smallest absolute Gasteiger partial charge is 0.436 e. The van der Waals surface area contributed by atoms with Gasteiger partial charge in [0.2, 0.25) is 0 Å². The number of H-pyrrole nitrogens is 1. The van der Waals surface area contributed by atoms with E-state index in [2.05, 4.69) is 10.1 Å². The number of non-ortho nitro benzene ring substituents is 1. The lowest BCUT2D eigenvalue weighted by molar-refractivity contribution is -0.383. The molecule has 0 fully saturated rings. The number of ether oxygens (including phenoxy) is 1. The number of nitro benzene ring substituents is 1.